The van der Waals surface area contributed by atoms with Gasteiger partial charge in [-0.3, -0.25) is 4.79 Å². The number of pyridine rings is 1. The number of aliphatic hydroxyl groups is 1. The van der Waals surface area contributed by atoms with Gasteiger partial charge in [-0.15, -0.1) is 0 Å². The summed E-state index contributed by atoms with van der Waals surface area (Å²) in [6, 6.07) is 9.20. The van der Waals surface area contributed by atoms with E-state index in [1.54, 1.807) is 12.3 Å². The van der Waals surface area contributed by atoms with E-state index in [1.165, 1.54) is 0 Å². The quantitative estimate of drug-likeness (QED) is 0.806. The molecule has 0 bridgehead atoms. The highest BCUT2D eigenvalue weighted by molar-refractivity contribution is 6.30. The molecule has 30 heavy (non-hydrogen) atoms. The number of carbonyl (C=O) groups excluding carboxylic acids is 1. The number of aromatic nitrogens is 1. The summed E-state index contributed by atoms with van der Waals surface area (Å²) in [5.41, 5.74) is 1.55. The van der Waals surface area contributed by atoms with Crippen molar-refractivity contribution in [3.8, 4) is 5.75 Å². The van der Waals surface area contributed by atoms with E-state index in [9.17, 15) is 9.90 Å². The molecule has 6 nitrogen and oxygen atoms in total. The number of fused-ring (bicyclic) bond motifs is 1. The van der Waals surface area contributed by atoms with Gasteiger partial charge in [0.2, 0.25) is 0 Å². The van der Waals surface area contributed by atoms with Gasteiger partial charge in [0.05, 0.1) is 11.7 Å². The molecule has 0 radical (unpaired) electrons. The summed E-state index contributed by atoms with van der Waals surface area (Å²) in [7, 11) is 3.84. The number of hydrogen-bond acceptors (Lipinski definition) is 5. The molecule has 0 spiro atoms. The summed E-state index contributed by atoms with van der Waals surface area (Å²) in [4.78, 5) is 21.1. The molecule has 1 aliphatic carbocycles. The highest BCUT2D eigenvalue weighted by Gasteiger charge is 2.44. The molecule has 1 saturated carbocycles. The minimum atomic E-state index is -0.544. The number of anilines is 1. The van der Waals surface area contributed by atoms with E-state index in [4.69, 9.17) is 16.3 Å². The Morgan fingerprint density at radius 3 is 2.57 bits per heavy atom. The molecule has 4 rings (SSSR count). The molecule has 2 aromatic rings. The third-order valence-corrected chi connectivity index (χ3v) is 6.48. The van der Waals surface area contributed by atoms with Gasteiger partial charge in [-0.2, -0.15) is 0 Å². The van der Waals surface area contributed by atoms with Gasteiger partial charge in [-0.25, -0.2) is 4.98 Å². The third kappa shape index (κ3) is 4.25. The lowest BCUT2D eigenvalue weighted by Gasteiger charge is -2.35. The monoisotopic (exact) mass is 429 g/mol. The van der Waals surface area contributed by atoms with Crippen molar-refractivity contribution in [3.05, 3.63) is 52.7 Å². The molecule has 1 aromatic heterocycles. The Bertz CT molecular complexity index is 918. The van der Waals surface area contributed by atoms with Crippen molar-refractivity contribution in [1.82, 2.24) is 9.88 Å². The van der Waals surface area contributed by atoms with Crippen molar-refractivity contribution in [1.29, 1.82) is 0 Å². The van der Waals surface area contributed by atoms with Gasteiger partial charge in [0.1, 0.15) is 17.7 Å². The maximum atomic E-state index is 13.0. The van der Waals surface area contributed by atoms with Crippen molar-refractivity contribution in [3.63, 3.8) is 0 Å². The minimum Gasteiger partial charge on any atom is -0.487 e. The van der Waals surface area contributed by atoms with Gasteiger partial charge < -0.3 is 19.6 Å². The van der Waals surface area contributed by atoms with E-state index < -0.39 is 6.10 Å². The Hall–Kier alpha value is -2.31. The third-order valence-electron chi connectivity index (χ3n) is 6.24. The van der Waals surface area contributed by atoms with Crippen LogP contribution < -0.4 is 9.64 Å². The Labute approximate surface area is 182 Å². The molecule has 2 heterocycles. The normalized spacial score (nSPS) is 25.7. The van der Waals surface area contributed by atoms with Crippen LogP contribution in [0.5, 0.6) is 5.75 Å². The van der Waals surface area contributed by atoms with Crippen LogP contribution in [0.25, 0.3) is 0 Å². The molecule has 1 aliphatic heterocycles. The fourth-order valence-electron chi connectivity index (χ4n) is 4.55. The summed E-state index contributed by atoms with van der Waals surface area (Å²) in [6.45, 7) is 3.30. The number of amides is 1. The lowest BCUT2D eigenvalue weighted by molar-refractivity contribution is -0.0234. The first-order chi connectivity index (χ1) is 14.3. The SMILES string of the molecule is Cc1cc(Cl)ccc1O[C@@H]1C[C@@H]2CN(C(=O)c3ccc(N(C)C)nc3)C[C@@H]2C[C@H]1O. The number of rotatable bonds is 4. The van der Waals surface area contributed by atoms with Crippen LogP contribution in [0.3, 0.4) is 0 Å². The smallest absolute Gasteiger partial charge is 0.255 e. The predicted octanol–water partition coefficient (Wildman–Crippen LogP) is 3.40. The molecule has 1 aromatic carbocycles. The minimum absolute atomic E-state index is 0.00251. The summed E-state index contributed by atoms with van der Waals surface area (Å²) >= 11 is 6.03. The van der Waals surface area contributed by atoms with Crippen LogP contribution in [0.15, 0.2) is 36.5 Å². The number of nitrogens with zero attached hydrogens (tertiary/aromatic N) is 3. The Kier molecular flexibility index (Phi) is 5.89. The predicted molar refractivity (Wildman–Crippen MR) is 117 cm³/mol. The van der Waals surface area contributed by atoms with E-state index in [2.05, 4.69) is 4.98 Å². The molecule has 160 valence electrons. The van der Waals surface area contributed by atoms with Gasteiger partial charge in [0.15, 0.2) is 0 Å². The van der Waals surface area contributed by atoms with Crippen molar-refractivity contribution in [2.45, 2.75) is 32.0 Å². The lowest BCUT2D eigenvalue weighted by Crippen LogP contribution is -2.42. The fraction of sp³-hybridized carbons (Fsp3) is 0.478. The fourth-order valence-corrected chi connectivity index (χ4v) is 4.78. The Balaban J connectivity index is 1.41. The lowest BCUT2D eigenvalue weighted by atomic mass is 9.78. The van der Waals surface area contributed by atoms with Crippen LogP contribution in [-0.2, 0) is 0 Å². The zero-order valence-corrected chi connectivity index (χ0v) is 18.3. The Morgan fingerprint density at radius 1 is 1.20 bits per heavy atom. The summed E-state index contributed by atoms with van der Waals surface area (Å²) in [5.74, 6) is 2.19. The van der Waals surface area contributed by atoms with E-state index in [0.717, 1.165) is 23.6 Å². The van der Waals surface area contributed by atoms with E-state index in [0.29, 0.717) is 41.9 Å². The largest absolute Gasteiger partial charge is 0.487 e. The number of aryl methyl sites for hydroxylation is 1. The molecule has 1 N–H and O–H groups in total. The van der Waals surface area contributed by atoms with Gasteiger partial charge in [-0.1, -0.05) is 11.6 Å². The van der Waals surface area contributed by atoms with Gasteiger partial charge in [0.25, 0.3) is 5.91 Å². The maximum Gasteiger partial charge on any atom is 0.255 e. The molecule has 4 atom stereocenters. The number of likely N-dealkylation sites (tertiary alicyclic amines) is 1. The molecule has 7 heteroatoms. The van der Waals surface area contributed by atoms with Crippen LogP contribution in [0.1, 0.15) is 28.8 Å². The van der Waals surface area contributed by atoms with Crippen LogP contribution in [0, 0.1) is 18.8 Å². The zero-order chi connectivity index (χ0) is 21.4. The van der Waals surface area contributed by atoms with E-state index in [-0.39, 0.29) is 12.0 Å². The van der Waals surface area contributed by atoms with Gasteiger partial charge >= 0.3 is 0 Å². The molecule has 2 aliphatic rings. The van der Waals surface area contributed by atoms with Crippen molar-refractivity contribution in [2.75, 3.05) is 32.1 Å². The van der Waals surface area contributed by atoms with E-state index in [1.807, 2.05) is 55.1 Å². The van der Waals surface area contributed by atoms with Crippen LogP contribution in [0.4, 0.5) is 5.82 Å². The first-order valence-electron chi connectivity index (χ1n) is 10.4. The summed E-state index contributed by atoms with van der Waals surface area (Å²) < 4.78 is 6.15. The molecular weight excluding hydrogens is 402 g/mol. The average molecular weight is 430 g/mol. The second-order valence-electron chi connectivity index (χ2n) is 8.63. The van der Waals surface area contributed by atoms with Gasteiger partial charge in [-0.05, 0) is 67.5 Å². The Morgan fingerprint density at radius 2 is 1.93 bits per heavy atom. The highest BCUT2D eigenvalue weighted by Crippen LogP contribution is 2.39. The average Bonchev–Trinajstić information content (AvgIpc) is 3.12. The number of benzene rings is 1. The maximum absolute atomic E-state index is 13.0. The topological polar surface area (TPSA) is 65.9 Å². The first-order valence-corrected chi connectivity index (χ1v) is 10.7. The molecule has 1 saturated heterocycles. The number of halogens is 1. The molecular formula is C23H28ClN3O3. The van der Waals surface area contributed by atoms with Crippen LogP contribution in [0.2, 0.25) is 5.02 Å². The van der Waals surface area contributed by atoms with Crippen molar-refractivity contribution in [2.24, 2.45) is 11.8 Å². The second kappa shape index (κ2) is 8.44. The summed E-state index contributed by atoms with van der Waals surface area (Å²) in [6.07, 6.45) is 2.20. The van der Waals surface area contributed by atoms with Crippen molar-refractivity contribution >= 4 is 23.3 Å². The summed E-state index contributed by atoms with van der Waals surface area (Å²) in [5, 5.41) is 11.3. The second-order valence-corrected chi connectivity index (χ2v) is 9.07. The molecule has 2 fully saturated rings. The first kappa shape index (κ1) is 20.9. The van der Waals surface area contributed by atoms with E-state index >= 15 is 0 Å². The standard InChI is InChI=1S/C23H28ClN3O3/c1-14-8-18(24)5-6-20(14)30-21-10-17-13-27(12-16(17)9-19(21)28)23(29)15-4-7-22(25-11-15)26(2)3/h4-8,11,16-17,19,21,28H,9-10,12-13H2,1-3H3/t16-,17+,19+,21+/m0/s1. The zero-order valence-electron chi connectivity index (χ0n) is 17.6. The van der Waals surface area contributed by atoms with Crippen LogP contribution in [-0.4, -0.2) is 60.3 Å². The molecule has 1 amide bonds. The molecule has 0 unspecified atom stereocenters. The number of ether oxygens (including phenoxy) is 1. The van der Waals surface area contributed by atoms with Crippen LogP contribution >= 0.6 is 11.6 Å². The van der Waals surface area contributed by atoms with Crippen molar-refractivity contribution < 1.29 is 14.6 Å². The number of carbonyl (C=O) groups is 1. The number of aliphatic hydroxyl groups excluding tert-OH is 1. The highest BCUT2D eigenvalue weighted by atomic mass is 35.5. The number of hydrogen-bond donors (Lipinski definition) is 1. The van der Waals surface area contributed by atoms with Gasteiger partial charge in [0, 0.05) is 38.4 Å².